The smallest absolute Gasteiger partial charge is 0.314 e. The highest BCUT2D eigenvalue weighted by Gasteiger charge is 2.36. The van der Waals surface area contributed by atoms with Crippen molar-refractivity contribution in [1.82, 2.24) is 10.3 Å². The second kappa shape index (κ2) is 5.97. The molecule has 1 saturated carbocycles. The molecule has 1 aromatic heterocycles. The summed E-state index contributed by atoms with van der Waals surface area (Å²) in [6, 6.07) is 2.15. The summed E-state index contributed by atoms with van der Waals surface area (Å²) in [7, 11) is 0. The standard InChI is InChI=1S/C15H22N4O2/c1-11-6-8-17-15(14(11)19(20)21)18(13-4-5-13)10-12-3-2-7-16-9-12/h6,8,12-13,16H,2-5,7,9-10H2,1H3. The summed E-state index contributed by atoms with van der Waals surface area (Å²) in [4.78, 5) is 17.7. The summed E-state index contributed by atoms with van der Waals surface area (Å²) in [6.07, 6.45) is 6.30. The van der Waals surface area contributed by atoms with E-state index in [0.717, 1.165) is 32.5 Å². The second-order valence-corrected chi connectivity index (χ2v) is 6.15. The highest BCUT2D eigenvalue weighted by Crippen LogP contribution is 2.37. The molecule has 114 valence electrons. The number of aryl methyl sites for hydroxylation is 1. The Balaban J connectivity index is 1.87. The maximum atomic E-state index is 11.4. The fraction of sp³-hybridized carbons (Fsp3) is 0.667. The number of anilines is 1. The first-order valence-corrected chi connectivity index (χ1v) is 7.74. The van der Waals surface area contributed by atoms with Crippen molar-refractivity contribution >= 4 is 11.5 Å². The van der Waals surface area contributed by atoms with Crippen molar-refractivity contribution < 1.29 is 4.92 Å². The topological polar surface area (TPSA) is 71.3 Å². The van der Waals surface area contributed by atoms with Gasteiger partial charge in [0.15, 0.2) is 0 Å². The van der Waals surface area contributed by atoms with Crippen LogP contribution in [0, 0.1) is 23.0 Å². The quantitative estimate of drug-likeness (QED) is 0.665. The number of piperidine rings is 1. The van der Waals surface area contributed by atoms with Crippen LogP contribution in [0.5, 0.6) is 0 Å². The molecule has 1 N–H and O–H groups in total. The molecule has 3 rings (SSSR count). The van der Waals surface area contributed by atoms with Crippen molar-refractivity contribution in [2.45, 2.75) is 38.6 Å². The van der Waals surface area contributed by atoms with E-state index in [1.165, 1.54) is 12.8 Å². The Bertz CT molecular complexity index is 524. The molecular formula is C15H22N4O2. The molecule has 0 spiro atoms. The van der Waals surface area contributed by atoms with E-state index in [-0.39, 0.29) is 10.6 Å². The first kappa shape index (κ1) is 14.3. The lowest BCUT2D eigenvalue weighted by Crippen LogP contribution is -2.40. The van der Waals surface area contributed by atoms with Crippen molar-refractivity contribution in [3.05, 3.63) is 27.9 Å². The maximum absolute atomic E-state index is 11.4. The zero-order valence-corrected chi connectivity index (χ0v) is 12.4. The van der Waals surface area contributed by atoms with E-state index in [4.69, 9.17) is 0 Å². The van der Waals surface area contributed by atoms with Crippen molar-refractivity contribution in [2.75, 3.05) is 24.5 Å². The fourth-order valence-electron chi connectivity index (χ4n) is 3.12. The van der Waals surface area contributed by atoms with Gasteiger partial charge in [-0.1, -0.05) is 0 Å². The normalized spacial score (nSPS) is 22.0. The predicted octanol–water partition coefficient (Wildman–Crippen LogP) is 2.27. The van der Waals surface area contributed by atoms with E-state index in [2.05, 4.69) is 15.2 Å². The van der Waals surface area contributed by atoms with Crippen LogP contribution in [-0.4, -0.2) is 35.6 Å². The summed E-state index contributed by atoms with van der Waals surface area (Å²) in [5.74, 6) is 1.12. The summed E-state index contributed by atoms with van der Waals surface area (Å²) >= 11 is 0. The van der Waals surface area contributed by atoms with Crippen molar-refractivity contribution in [1.29, 1.82) is 0 Å². The number of nitrogens with one attached hydrogen (secondary N) is 1. The minimum Gasteiger partial charge on any atom is -0.348 e. The van der Waals surface area contributed by atoms with E-state index >= 15 is 0 Å². The summed E-state index contributed by atoms with van der Waals surface area (Å²) in [5, 5.41) is 14.8. The molecule has 1 aliphatic carbocycles. The van der Waals surface area contributed by atoms with Gasteiger partial charge in [0.1, 0.15) is 0 Å². The van der Waals surface area contributed by atoms with Gasteiger partial charge < -0.3 is 10.2 Å². The van der Waals surface area contributed by atoms with Crippen LogP contribution in [-0.2, 0) is 0 Å². The third kappa shape index (κ3) is 3.15. The van der Waals surface area contributed by atoms with Gasteiger partial charge in [0.2, 0.25) is 5.82 Å². The number of nitrogens with zero attached hydrogens (tertiary/aromatic N) is 3. The highest BCUT2D eigenvalue weighted by molar-refractivity contribution is 5.62. The predicted molar refractivity (Wildman–Crippen MR) is 81.6 cm³/mol. The van der Waals surface area contributed by atoms with Gasteiger partial charge >= 0.3 is 5.69 Å². The van der Waals surface area contributed by atoms with Gasteiger partial charge in [0, 0.05) is 24.3 Å². The van der Waals surface area contributed by atoms with E-state index < -0.39 is 0 Å². The monoisotopic (exact) mass is 290 g/mol. The molecule has 0 radical (unpaired) electrons. The highest BCUT2D eigenvalue weighted by atomic mass is 16.6. The Labute approximate surface area is 124 Å². The number of hydrogen-bond acceptors (Lipinski definition) is 5. The zero-order chi connectivity index (χ0) is 14.8. The number of hydrogen-bond donors (Lipinski definition) is 1. The summed E-state index contributed by atoms with van der Waals surface area (Å²) < 4.78 is 0. The summed E-state index contributed by atoms with van der Waals surface area (Å²) in [5.41, 5.74) is 0.866. The van der Waals surface area contributed by atoms with E-state index in [0.29, 0.717) is 23.3 Å². The Morgan fingerprint density at radius 1 is 1.48 bits per heavy atom. The SMILES string of the molecule is Cc1ccnc(N(CC2CCCNC2)C2CC2)c1[N+](=O)[O-]. The number of rotatable bonds is 5. The molecule has 1 aliphatic heterocycles. The van der Waals surface area contributed by atoms with Crippen LogP contribution in [0.3, 0.4) is 0 Å². The van der Waals surface area contributed by atoms with Gasteiger partial charge in [-0.25, -0.2) is 4.98 Å². The first-order chi connectivity index (χ1) is 10.2. The van der Waals surface area contributed by atoms with Crippen LogP contribution in [0.1, 0.15) is 31.2 Å². The Morgan fingerprint density at radius 2 is 2.29 bits per heavy atom. The molecule has 1 saturated heterocycles. The van der Waals surface area contributed by atoms with Crippen molar-refractivity contribution in [3.8, 4) is 0 Å². The average Bonchev–Trinajstić information content (AvgIpc) is 3.30. The Morgan fingerprint density at radius 3 is 2.90 bits per heavy atom. The van der Waals surface area contributed by atoms with Gasteiger partial charge in [-0.05, 0) is 57.7 Å². The van der Waals surface area contributed by atoms with Crippen molar-refractivity contribution in [2.24, 2.45) is 5.92 Å². The molecule has 2 heterocycles. The van der Waals surface area contributed by atoms with Crippen LogP contribution in [0.15, 0.2) is 12.3 Å². The Kier molecular flexibility index (Phi) is 4.05. The molecule has 6 heteroatoms. The Hall–Kier alpha value is -1.69. The van der Waals surface area contributed by atoms with Crippen LogP contribution in [0.25, 0.3) is 0 Å². The van der Waals surface area contributed by atoms with Gasteiger partial charge in [-0.15, -0.1) is 0 Å². The lowest BCUT2D eigenvalue weighted by molar-refractivity contribution is -0.384. The molecular weight excluding hydrogens is 268 g/mol. The van der Waals surface area contributed by atoms with Crippen LogP contribution >= 0.6 is 0 Å². The van der Waals surface area contributed by atoms with Crippen LogP contribution in [0.2, 0.25) is 0 Å². The largest absolute Gasteiger partial charge is 0.348 e. The van der Waals surface area contributed by atoms with Gasteiger partial charge in [-0.2, -0.15) is 0 Å². The molecule has 2 aliphatic rings. The average molecular weight is 290 g/mol. The molecule has 1 atom stereocenters. The number of pyridine rings is 1. The molecule has 0 aromatic carbocycles. The van der Waals surface area contributed by atoms with Gasteiger partial charge in [0.05, 0.1) is 4.92 Å². The third-order valence-electron chi connectivity index (χ3n) is 4.40. The lowest BCUT2D eigenvalue weighted by Gasteiger charge is -2.31. The molecule has 1 aromatic rings. The van der Waals surface area contributed by atoms with Crippen molar-refractivity contribution in [3.63, 3.8) is 0 Å². The zero-order valence-electron chi connectivity index (χ0n) is 12.4. The van der Waals surface area contributed by atoms with Gasteiger partial charge in [-0.3, -0.25) is 10.1 Å². The first-order valence-electron chi connectivity index (χ1n) is 7.74. The minimum atomic E-state index is -0.286. The molecule has 0 amide bonds. The molecule has 0 bridgehead atoms. The minimum absolute atomic E-state index is 0.174. The number of nitro groups is 1. The number of aromatic nitrogens is 1. The van der Waals surface area contributed by atoms with Gasteiger partial charge in [0.25, 0.3) is 0 Å². The molecule has 21 heavy (non-hydrogen) atoms. The van der Waals surface area contributed by atoms with E-state index in [9.17, 15) is 10.1 Å². The van der Waals surface area contributed by atoms with E-state index in [1.807, 2.05) is 0 Å². The fourth-order valence-corrected chi connectivity index (χ4v) is 3.12. The maximum Gasteiger partial charge on any atom is 0.314 e. The second-order valence-electron chi connectivity index (χ2n) is 6.15. The molecule has 1 unspecified atom stereocenters. The summed E-state index contributed by atoms with van der Waals surface area (Å²) in [6.45, 7) is 4.75. The van der Waals surface area contributed by atoms with Crippen LogP contribution < -0.4 is 10.2 Å². The molecule has 2 fully saturated rings. The lowest BCUT2D eigenvalue weighted by atomic mass is 9.99. The van der Waals surface area contributed by atoms with Crippen LogP contribution in [0.4, 0.5) is 11.5 Å². The molecule has 6 nitrogen and oxygen atoms in total. The third-order valence-corrected chi connectivity index (χ3v) is 4.40. The van der Waals surface area contributed by atoms with E-state index in [1.54, 1.807) is 19.2 Å².